The molecule has 1 aliphatic carbocycles. The highest BCUT2D eigenvalue weighted by Gasteiger charge is 2.13. The van der Waals surface area contributed by atoms with Gasteiger partial charge in [-0.15, -0.1) is 0 Å². The van der Waals surface area contributed by atoms with Crippen molar-refractivity contribution in [1.29, 1.82) is 0 Å². The molecule has 0 bridgehead atoms. The normalized spacial score (nSPS) is 29.0. The Hall–Kier alpha value is -0.850. The highest BCUT2D eigenvalue weighted by Crippen LogP contribution is 2.21. The molecule has 1 nitrogen and oxygen atoms in total. The largest absolute Gasteiger partial charge is 0.285 e. The Labute approximate surface area is 67.5 Å². The van der Waals surface area contributed by atoms with Gasteiger partial charge in [0.1, 0.15) is 0 Å². The predicted octanol–water partition coefficient (Wildman–Crippen LogP) is 2.35. The summed E-state index contributed by atoms with van der Waals surface area (Å²) >= 11 is 0. The molecule has 0 saturated heterocycles. The van der Waals surface area contributed by atoms with Gasteiger partial charge in [-0.25, -0.2) is 0 Å². The fourth-order valence-electron chi connectivity index (χ4n) is 1.66. The molecule has 1 atom stereocenters. The molecule has 0 saturated carbocycles. The smallest absolute Gasteiger partial charge is 0.0600 e. The second kappa shape index (κ2) is 2.65. The van der Waals surface area contributed by atoms with Gasteiger partial charge in [-0.2, -0.15) is 0 Å². The van der Waals surface area contributed by atoms with Crippen molar-refractivity contribution in [3.63, 3.8) is 0 Å². The molecule has 0 amide bonds. The quantitative estimate of drug-likeness (QED) is 0.498. The first-order chi connectivity index (χ1) is 5.36. The first kappa shape index (κ1) is 6.84. The second-order valence-corrected chi connectivity index (χ2v) is 3.32. The van der Waals surface area contributed by atoms with Crippen molar-refractivity contribution in [1.82, 2.24) is 0 Å². The maximum absolute atomic E-state index is 4.41. The van der Waals surface area contributed by atoms with E-state index < -0.39 is 0 Å². The summed E-state index contributed by atoms with van der Waals surface area (Å²) < 4.78 is 0. The van der Waals surface area contributed by atoms with E-state index in [1.54, 1.807) is 0 Å². The van der Waals surface area contributed by atoms with Crippen LogP contribution in [-0.2, 0) is 0 Å². The SMILES string of the molecule is CC1C=C2CCN=C2C=CC1. The molecule has 0 aromatic carbocycles. The van der Waals surface area contributed by atoms with Gasteiger partial charge in [0.05, 0.1) is 5.71 Å². The minimum atomic E-state index is 0.701. The van der Waals surface area contributed by atoms with Crippen LogP contribution in [0.1, 0.15) is 19.8 Å². The molecule has 1 aliphatic heterocycles. The predicted molar refractivity (Wildman–Crippen MR) is 47.9 cm³/mol. The Balaban J connectivity index is 2.34. The molecule has 0 N–H and O–H groups in total. The van der Waals surface area contributed by atoms with E-state index in [9.17, 15) is 0 Å². The number of aliphatic imine (C=N–C) groups is 1. The zero-order valence-electron chi connectivity index (χ0n) is 6.88. The number of allylic oxidation sites excluding steroid dienone is 3. The van der Waals surface area contributed by atoms with Crippen molar-refractivity contribution < 1.29 is 0 Å². The van der Waals surface area contributed by atoms with Gasteiger partial charge in [-0.05, 0) is 30.4 Å². The van der Waals surface area contributed by atoms with Gasteiger partial charge in [-0.1, -0.05) is 19.1 Å². The summed E-state index contributed by atoms with van der Waals surface area (Å²) in [5.41, 5.74) is 2.70. The van der Waals surface area contributed by atoms with E-state index in [0.29, 0.717) is 5.92 Å². The zero-order chi connectivity index (χ0) is 7.68. The van der Waals surface area contributed by atoms with Gasteiger partial charge in [-0.3, -0.25) is 4.99 Å². The van der Waals surface area contributed by atoms with E-state index >= 15 is 0 Å². The third-order valence-corrected chi connectivity index (χ3v) is 2.26. The summed E-state index contributed by atoms with van der Waals surface area (Å²) in [7, 11) is 0. The average molecular weight is 147 g/mol. The van der Waals surface area contributed by atoms with Crippen molar-refractivity contribution >= 4 is 5.71 Å². The molecule has 0 spiro atoms. The molecule has 2 aliphatic rings. The van der Waals surface area contributed by atoms with Crippen molar-refractivity contribution in [3.05, 3.63) is 23.8 Å². The molecule has 0 aromatic rings. The average Bonchev–Trinajstić information content (AvgIpc) is 2.31. The minimum absolute atomic E-state index is 0.701. The van der Waals surface area contributed by atoms with E-state index in [2.05, 4.69) is 30.1 Å². The topological polar surface area (TPSA) is 12.4 Å². The van der Waals surface area contributed by atoms with Crippen LogP contribution >= 0.6 is 0 Å². The van der Waals surface area contributed by atoms with Gasteiger partial charge in [0.15, 0.2) is 0 Å². The standard InChI is InChI=1S/C10H13N/c1-8-3-2-4-10-9(7-8)5-6-11-10/h2,4,7-8H,3,5-6H2,1H3. The lowest BCUT2D eigenvalue weighted by atomic mass is 10.0. The number of hydrogen-bond acceptors (Lipinski definition) is 1. The van der Waals surface area contributed by atoms with E-state index in [1.165, 1.54) is 17.7 Å². The molecule has 1 heterocycles. The fourth-order valence-corrected chi connectivity index (χ4v) is 1.66. The number of rotatable bonds is 0. The molecule has 0 fully saturated rings. The Kier molecular flexibility index (Phi) is 1.65. The Bertz CT molecular complexity index is 246. The van der Waals surface area contributed by atoms with Gasteiger partial charge in [0, 0.05) is 6.54 Å². The number of nitrogens with zero attached hydrogens (tertiary/aromatic N) is 1. The zero-order valence-corrected chi connectivity index (χ0v) is 6.88. The van der Waals surface area contributed by atoms with Crippen molar-refractivity contribution in [2.24, 2.45) is 10.9 Å². The minimum Gasteiger partial charge on any atom is -0.285 e. The van der Waals surface area contributed by atoms with E-state index in [-0.39, 0.29) is 0 Å². The summed E-state index contributed by atoms with van der Waals surface area (Å²) in [5.74, 6) is 0.701. The summed E-state index contributed by atoms with van der Waals surface area (Å²) in [6.07, 6.45) is 9.10. The monoisotopic (exact) mass is 147 g/mol. The third-order valence-electron chi connectivity index (χ3n) is 2.26. The van der Waals surface area contributed by atoms with E-state index in [0.717, 1.165) is 13.0 Å². The molecule has 1 unspecified atom stereocenters. The van der Waals surface area contributed by atoms with Crippen molar-refractivity contribution in [3.8, 4) is 0 Å². The van der Waals surface area contributed by atoms with Crippen LogP contribution in [-0.4, -0.2) is 12.3 Å². The fraction of sp³-hybridized carbons (Fsp3) is 0.500. The molecule has 1 heteroatoms. The van der Waals surface area contributed by atoms with Gasteiger partial charge in [0.2, 0.25) is 0 Å². The summed E-state index contributed by atoms with van der Waals surface area (Å²) in [6, 6.07) is 0. The van der Waals surface area contributed by atoms with Crippen LogP contribution in [0.3, 0.4) is 0 Å². The van der Waals surface area contributed by atoms with Gasteiger partial charge < -0.3 is 0 Å². The van der Waals surface area contributed by atoms with Gasteiger partial charge in [0.25, 0.3) is 0 Å². The highest BCUT2D eigenvalue weighted by molar-refractivity contribution is 6.09. The molecule has 11 heavy (non-hydrogen) atoms. The summed E-state index contributed by atoms with van der Waals surface area (Å²) in [6.45, 7) is 3.26. The third kappa shape index (κ3) is 1.28. The van der Waals surface area contributed by atoms with Crippen LogP contribution in [0.15, 0.2) is 28.8 Å². The maximum Gasteiger partial charge on any atom is 0.0600 e. The maximum atomic E-state index is 4.41. The molecular formula is C10H13N. The van der Waals surface area contributed by atoms with Crippen LogP contribution < -0.4 is 0 Å². The van der Waals surface area contributed by atoms with Crippen molar-refractivity contribution in [2.75, 3.05) is 6.54 Å². The first-order valence-corrected chi connectivity index (χ1v) is 4.28. The Morgan fingerprint density at radius 2 is 2.45 bits per heavy atom. The molecular weight excluding hydrogens is 134 g/mol. The lowest BCUT2D eigenvalue weighted by molar-refractivity contribution is 0.741. The lowest BCUT2D eigenvalue weighted by Crippen LogP contribution is -1.92. The van der Waals surface area contributed by atoms with Crippen molar-refractivity contribution in [2.45, 2.75) is 19.8 Å². The summed E-state index contributed by atoms with van der Waals surface area (Å²) in [4.78, 5) is 4.41. The van der Waals surface area contributed by atoms with Gasteiger partial charge >= 0.3 is 0 Å². The Morgan fingerprint density at radius 3 is 3.36 bits per heavy atom. The summed E-state index contributed by atoms with van der Waals surface area (Å²) in [5, 5.41) is 0. The van der Waals surface area contributed by atoms with Crippen LogP contribution in [0, 0.1) is 5.92 Å². The molecule has 58 valence electrons. The van der Waals surface area contributed by atoms with Crippen LogP contribution in [0.2, 0.25) is 0 Å². The molecule has 2 rings (SSSR count). The second-order valence-electron chi connectivity index (χ2n) is 3.32. The molecule has 0 aromatic heterocycles. The number of fused-ring (bicyclic) bond motifs is 1. The Morgan fingerprint density at radius 1 is 1.55 bits per heavy atom. The van der Waals surface area contributed by atoms with Crippen LogP contribution in [0.4, 0.5) is 0 Å². The van der Waals surface area contributed by atoms with E-state index in [1.807, 2.05) is 0 Å². The lowest BCUT2D eigenvalue weighted by Gasteiger charge is -2.00. The van der Waals surface area contributed by atoms with E-state index in [4.69, 9.17) is 0 Å². The first-order valence-electron chi connectivity index (χ1n) is 4.28. The van der Waals surface area contributed by atoms with Crippen LogP contribution in [0.5, 0.6) is 0 Å². The highest BCUT2D eigenvalue weighted by atomic mass is 14.8. The molecule has 0 radical (unpaired) electrons. The number of hydrogen-bond donors (Lipinski definition) is 0. The van der Waals surface area contributed by atoms with Crippen LogP contribution in [0.25, 0.3) is 0 Å².